The third-order valence-electron chi connectivity index (χ3n) is 6.41. The van der Waals surface area contributed by atoms with Gasteiger partial charge in [0.05, 0.1) is 11.4 Å². The molecule has 214 valence electrons. The van der Waals surface area contributed by atoms with Gasteiger partial charge in [0, 0.05) is 12.3 Å². The highest BCUT2D eigenvalue weighted by Gasteiger charge is 2.68. The quantitative estimate of drug-likeness (QED) is 0.190. The highest BCUT2D eigenvalue weighted by atomic mass is 32.2. The number of ether oxygens (including phenoxy) is 2. The van der Waals surface area contributed by atoms with Crippen molar-refractivity contribution < 1.29 is 37.4 Å². The molecule has 15 heteroatoms. The van der Waals surface area contributed by atoms with Crippen molar-refractivity contribution in [3.05, 3.63) is 63.4 Å². The zero-order valence-corrected chi connectivity index (χ0v) is 23.1. The Morgan fingerprint density at radius 1 is 1.36 bits per heavy atom. The number of aliphatic hydroxyl groups is 1. The molecule has 2 saturated heterocycles. The monoisotopic (exact) mass is 587 g/mol. The van der Waals surface area contributed by atoms with Crippen molar-refractivity contribution in [3.8, 4) is 5.75 Å². The van der Waals surface area contributed by atoms with E-state index in [1.807, 2.05) is 6.92 Å². The molecule has 0 bridgehead atoms. The van der Waals surface area contributed by atoms with E-state index in [0.717, 1.165) is 23.3 Å². The third-order valence-corrected chi connectivity index (χ3v) is 9.61. The number of halogens is 1. The van der Waals surface area contributed by atoms with E-state index >= 15 is 4.39 Å². The first-order chi connectivity index (χ1) is 18.5. The number of unbranched alkanes of at least 4 members (excludes halogenated alkanes) is 1. The highest BCUT2D eigenvalue weighted by Crippen LogP contribution is 2.60. The van der Waals surface area contributed by atoms with Crippen LogP contribution in [0.25, 0.3) is 0 Å². The van der Waals surface area contributed by atoms with E-state index in [-0.39, 0.29) is 12.4 Å². The van der Waals surface area contributed by atoms with Gasteiger partial charge in [0.25, 0.3) is 11.4 Å². The van der Waals surface area contributed by atoms with Crippen LogP contribution in [0, 0.1) is 0 Å². The molecule has 2 aliphatic rings. The van der Waals surface area contributed by atoms with Crippen LogP contribution in [0.15, 0.2) is 52.2 Å². The van der Waals surface area contributed by atoms with Crippen LogP contribution in [-0.4, -0.2) is 62.3 Å². The minimum atomic E-state index is -4.46. The van der Waals surface area contributed by atoms with E-state index in [1.165, 1.54) is 30.8 Å². The summed E-state index contributed by atoms with van der Waals surface area (Å²) >= 11 is 1.20. The van der Waals surface area contributed by atoms with E-state index < -0.39 is 60.5 Å². The fourth-order valence-electron chi connectivity index (χ4n) is 4.23. The maximum Gasteiger partial charge on any atom is 0.459 e. The van der Waals surface area contributed by atoms with Crippen molar-refractivity contribution in [2.75, 3.05) is 19.0 Å². The number of benzene rings is 1. The van der Waals surface area contributed by atoms with Crippen molar-refractivity contribution in [2.45, 2.75) is 62.1 Å². The summed E-state index contributed by atoms with van der Waals surface area (Å²) in [6, 6.07) is 7.85. The number of hydrogen-bond acceptors (Lipinski definition) is 10. The summed E-state index contributed by atoms with van der Waals surface area (Å²) in [5.41, 5.74) is -1.49. The molecular formula is C24H31FN3O9PS. The lowest BCUT2D eigenvalue weighted by Crippen LogP contribution is -2.54. The Bertz CT molecular complexity index is 1320. The second-order valence-electron chi connectivity index (χ2n) is 9.28. The Labute approximate surface area is 227 Å². The summed E-state index contributed by atoms with van der Waals surface area (Å²) in [7, 11) is -4.46. The lowest BCUT2D eigenvalue weighted by Gasteiger charge is -2.43. The van der Waals surface area contributed by atoms with Gasteiger partial charge in [-0.25, -0.2) is 13.8 Å². The van der Waals surface area contributed by atoms with Crippen molar-refractivity contribution >= 4 is 25.5 Å². The first-order valence-electron chi connectivity index (χ1n) is 12.5. The van der Waals surface area contributed by atoms with Gasteiger partial charge in [0.2, 0.25) is 0 Å². The minimum Gasteiger partial charge on any atom is -0.465 e. The number of aromatic amines is 1. The van der Waals surface area contributed by atoms with Gasteiger partial charge in [-0.05, 0) is 37.7 Å². The van der Waals surface area contributed by atoms with Crippen LogP contribution in [0.1, 0.15) is 39.3 Å². The fraction of sp³-hybridized carbons (Fsp3) is 0.542. The third kappa shape index (κ3) is 6.31. The summed E-state index contributed by atoms with van der Waals surface area (Å²) in [6.45, 7) is 2.43. The van der Waals surface area contributed by atoms with Crippen LogP contribution >= 0.6 is 19.5 Å². The molecule has 0 amide bonds. The number of hydrogen-bond donors (Lipinski definition) is 3. The molecule has 0 saturated carbocycles. The molecule has 3 heterocycles. The summed E-state index contributed by atoms with van der Waals surface area (Å²) in [6.07, 6.45) is -0.180. The maximum absolute atomic E-state index is 16.2. The Morgan fingerprint density at radius 2 is 2.08 bits per heavy atom. The Balaban J connectivity index is 1.55. The van der Waals surface area contributed by atoms with Crippen molar-refractivity contribution in [2.24, 2.45) is 0 Å². The molecule has 3 N–H and O–H groups in total. The first-order valence-corrected chi connectivity index (χ1v) is 15.0. The zero-order valence-electron chi connectivity index (χ0n) is 21.4. The summed E-state index contributed by atoms with van der Waals surface area (Å²) in [4.78, 5) is 38.4. The number of nitrogens with zero attached hydrogens (tertiary/aromatic N) is 1. The summed E-state index contributed by atoms with van der Waals surface area (Å²) < 4.78 is 51.4. The molecule has 1 spiro atoms. The zero-order chi connectivity index (χ0) is 28.3. The molecule has 39 heavy (non-hydrogen) atoms. The van der Waals surface area contributed by atoms with Crippen molar-refractivity contribution in [1.29, 1.82) is 0 Å². The average Bonchev–Trinajstić information content (AvgIpc) is 3.11. The van der Waals surface area contributed by atoms with E-state index in [0.29, 0.717) is 18.6 Å². The molecule has 4 rings (SSSR count). The van der Waals surface area contributed by atoms with Crippen LogP contribution in [0.4, 0.5) is 4.39 Å². The smallest absolute Gasteiger partial charge is 0.459 e. The van der Waals surface area contributed by atoms with Gasteiger partial charge in [-0.1, -0.05) is 31.5 Å². The Morgan fingerprint density at radius 3 is 2.69 bits per heavy atom. The van der Waals surface area contributed by atoms with Crippen LogP contribution in [0.2, 0.25) is 0 Å². The molecule has 2 fully saturated rings. The predicted molar refractivity (Wildman–Crippen MR) is 140 cm³/mol. The number of nitrogens with one attached hydrogen (secondary N) is 2. The Hall–Kier alpha value is -2.48. The molecule has 12 nitrogen and oxygen atoms in total. The van der Waals surface area contributed by atoms with E-state index in [4.69, 9.17) is 18.5 Å². The molecular weight excluding hydrogens is 556 g/mol. The number of carbonyl (C=O) groups excluding carboxylic acids is 1. The standard InChI is InChI=1S/C24H31FN3O9PS/c1-3-4-13-34-19(30)16(2)27-38(33,37-17-8-6-5-7-9-17)35-15-24(25)20(31)23(11-14-39-23)21(36-24)28-12-10-18(29)26-22(28)32/h5-10,12,16,20-21,31H,3-4,11,13-15H2,1-2H3,(H,27,33)(H,26,29,32)/t16-,20+,21-,23-,24-,38?/m1/s1. The molecule has 2 aliphatic heterocycles. The topological polar surface area (TPSA) is 158 Å². The summed E-state index contributed by atoms with van der Waals surface area (Å²) in [5, 5.41) is 13.5. The normalized spacial score (nSPS) is 28.4. The average molecular weight is 588 g/mol. The number of carbonyl (C=O) groups is 1. The molecule has 1 unspecified atom stereocenters. The molecule has 0 radical (unpaired) electrons. The highest BCUT2D eigenvalue weighted by molar-refractivity contribution is 8.02. The predicted octanol–water partition coefficient (Wildman–Crippen LogP) is 2.49. The van der Waals surface area contributed by atoms with E-state index in [9.17, 15) is 24.1 Å². The molecule has 6 atom stereocenters. The second kappa shape index (κ2) is 11.9. The molecule has 0 aliphatic carbocycles. The Kier molecular flexibility index (Phi) is 9.04. The lowest BCUT2D eigenvalue weighted by molar-refractivity contribution is -0.204. The number of aromatic nitrogens is 2. The van der Waals surface area contributed by atoms with Gasteiger partial charge in [0.1, 0.15) is 24.5 Å². The van der Waals surface area contributed by atoms with Crippen molar-refractivity contribution in [3.63, 3.8) is 0 Å². The number of para-hydroxylation sites is 1. The van der Waals surface area contributed by atoms with Gasteiger partial charge < -0.3 is 19.1 Å². The largest absolute Gasteiger partial charge is 0.465 e. The van der Waals surface area contributed by atoms with Gasteiger partial charge in [-0.3, -0.25) is 23.7 Å². The van der Waals surface area contributed by atoms with Crippen LogP contribution in [0.3, 0.4) is 0 Å². The first kappa shape index (κ1) is 29.5. The molecule has 1 aromatic heterocycles. The van der Waals surface area contributed by atoms with Crippen molar-refractivity contribution in [1.82, 2.24) is 14.6 Å². The number of H-pyrrole nitrogens is 1. The van der Waals surface area contributed by atoms with Gasteiger partial charge >= 0.3 is 19.4 Å². The van der Waals surface area contributed by atoms with Crippen LogP contribution in [0.5, 0.6) is 5.75 Å². The summed E-state index contributed by atoms with van der Waals surface area (Å²) in [5.74, 6) is -2.95. The fourth-order valence-corrected chi connectivity index (χ4v) is 7.05. The number of esters is 1. The maximum atomic E-state index is 16.2. The van der Waals surface area contributed by atoms with Gasteiger partial charge in [-0.2, -0.15) is 5.09 Å². The van der Waals surface area contributed by atoms with E-state index in [1.54, 1.807) is 18.2 Å². The molecule has 1 aromatic carbocycles. The van der Waals surface area contributed by atoms with Gasteiger partial charge in [-0.15, -0.1) is 11.8 Å². The molecule has 2 aromatic rings. The van der Waals surface area contributed by atoms with Crippen LogP contribution in [-0.2, 0) is 23.4 Å². The number of aliphatic hydroxyl groups excluding tert-OH is 1. The van der Waals surface area contributed by atoms with Gasteiger partial charge in [0.15, 0.2) is 6.23 Å². The number of thioether (sulfide) groups is 1. The minimum absolute atomic E-state index is 0.115. The van der Waals surface area contributed by atoms with E-state index in [2.05, 4.69) is 10.1 Å². The number of rotatable bonds is 12. The second-order valence-corrected chi connectivity index (χ2v) is 12.4. The van der Waals surface area contributed by atoms with Crippen LogP contribution < -0.4 is 20.9 Å². The lowest BCUT2D eigenvalue weighted by atomic mass is 9.93. The SMILES string of the molecule is CCCCOC(=O)[C@@H](C)NP(=O)(OC[C@@]1(F)O[C@@H](n2ccc(=O)[nH]c2=O)[C@@]2(CCS2)[C@@H]1O)Oc1ccccc1. The number of alkyl halides is 1.